The molecule has 2 aromatic carbocycles. The number of amides is 1. The summed E-state index contributed by atoms with van der Waals surface area (Å²) in [7, 11) is -4.08. The van der Waals surface area contributed by atoms with E-state index in [0.717, 1.165) is 25.2 Å². The first-order valence-corrected chi connectivity index (χ1v) is 14.5. The fraction of sp³-hybridized carbons (Fsp3) is 0.357. The fourth-order valence-corrected chi connectivity index (χ4v) is 5.84. The second kappa shape index (κ2) is 12.4. The Morgan fingerprint density at radius 2 is 1.70 bits per heavy atom. The van der Waals surface area contributed by atoms with Gasteiger partial charge in [0, 0.05) is 49.3 Å². The molecule has 0 bridgehead atoms. The lowest BCUT2D eigenvalue weighted by atomic mass is 10.1. The summed E-state index contributed by atoms with van der Waals surface area (Å²) in [5, 5.41) is 6.03. The normalized spacial score (nSPS) is 15.6. The van der Waals surface area contributed by atoms with Gasteiger partial charge in [-0.05, 0) is 74.1 Å². The molecule has 2 N–H and O–H groups in total. The first kappa shape index (κ1) is 29.0. The van der Waals surface area contributed by atoms with Crippen molar-refractivity contribution in [2.75, 3.05) is 29.9 Å². The zero-order valence-electron chi connectivity index (χ0n) is 22.8. The number of hydrogen-bond acceptors (Lipinski definition) is 9. The van der Waals surface area contributed by atoms with E-state index in [0.29, 0.717) is 16.0 Å². The number of rotatable bonds is 10. The molecule has 4 rings (SSSR count). The van der Waals surface area contributed by atoms with Crippen LogP contribution in [0.15, 0.2) is 78.0 Å². The van der Waals surface area contributed by atoms with Gasteiger partial charge in [0.1, 0.15) is 0 Å². The first-order chi connectivity index (χ1) is 19.0. The van der Waals surface area contributed by atoms with Crippen LogP contribution in [0.4, 0.5) is 11.6 Å². The van der Waals surface area contributed by atoms with Crippen LogP contribution in [0, 0.1) is 0 Å². The maximum absolute atomic E-state index is 13.1. The summed E-state index contributed by atoms with van der Waals surface area (Å²) in [6, 6.07) is 17.0. The molecule has 1 aliphatic heterocycles. The molecular formula is C28H34N6O5S. The number of carbonyl (C=O) groups excluding carboxylic acids is 2. The van der Waals surface area contributed by atoms with Crippen molar-refractivity contribution in [2.45, 2.75) is 50.1 Å². The summed E-state index contributed by atoms with van der Waals surface area (Å²) >= 11 is 0. The summed E-state index contributed by atoms with van der Waals surface area (Å²) < 4.78 is 26.9. The van der Waals surface area contributed by atoms with Crippen LogP contribution in [0.25, 0.3) is 0 Å². The van der Waals surface area contributed by atoms with Crippen LogP contribution in [0.5, 0.6) is 0 Å². The molecule has 40 heavy (non-hydrogen) atoms. The van der Waals surface area contributed by atoms with E-state index < -0.39 is 21.5 Å². The molecular weight excluding hydrogens is 532 g/mol. The van der Waals surface area contributed by atoms with Crippen LogP contribution in [0.2, 0.25) is 0 Å². The number of nitrogens with zero attached hydrogens (tertiary/aromatic N) is 4. The summed E-state index contributed by atoms with van der Waals surface area (Å²) in [4.78, 5) is 41.1. The van der Waals surface area contributed by atoms with Crippen molar-refractivity contribution in [1.29, 1.82) is 0 Å². The van der Waals surface area contributed by atoms with Gasteiger partial charge in [-0.25, -0.2) is 18.4 Å². The largest absolute Gasteiger partial charge is 0.369 e. The molecule has 12 heteroatoms. The lowest BCUT2D eigenvalue weighted by Crippen LogP contribution is -2.46. The van der Waals surface area contributed by atoms with Crippen LogP contribution < -0.4 is 15.5 Å². The van der Waals surface area contributed by atoms with Crippen LogP contribution in [-0.2, 0) is 19.7 Å². The van der Waals surface area contributed by atoms with Crippen molar-refractivity contribution >= 4 is 33.5 Å². The minimum atomic E-state index is -4.08. The number of benzene rings is 2. The van der Waals surface area contributed by atoms with Gasteiger partial charge in [-0.3, -0.25) is 9.59 Å². The quantitative estimate of drug-likeness (QED) is 0.355. The predicted molar refractivity (Wildman–Crippen MR) is 151 cm³/mol. The van der Waals surface area contributed by atoms with E-state index in [9.17, 15) is 18.0 Å². The summed E-state index contributed by atoms with van der Waals surface area (Å²) in [6.07, 6.45) is 4.14. The Hall–Kier alpha value is -4.03. The molecule has 1 fully saturated rings. The Bertz CT molecular complexity index is 1400. The van der Waals surface area contributed by atoms with Gasteiger partial charge in [-0.2, -0.15) is 0 Å². The second-order valence-electron chi connectivity index (χ2n) is 10.4. The molecule has 0 radical (unpaired) electrons. The Balaban J connectivity index is 1.26. The van der Waals surface area contributed by atoms with Gasteiger partial charge < -0.3 is 20.4 Å². The van der Waals surface area contributed by atoms with Gasteiger partial charge in [0.05, 0.1) is 16.9 Å². The summed E-state index contributed by atoms with van der Waals surface area (Å²) in [5.74, 6) is -0.511. The molecule has 11 nitrogen and oxygen atoms in total. The van der Waals surface area contributed by atoms with E-state index in [4.69, 9.17) is 4.84 Å². The highest BCUT2D eigenvalue weighted by molar-refractivity contribution is 7.89. The number of sulfonamides is 1. The Morgan fingerprint density at radius 3 is 2.35 bits per heavy atom. The molecule has 1 saturated heterocycles. The Morgan fingerprint density at radius 1 is 1.02 bits per heavy atom. The van der Waals surface area contributed by atoms with Crippen LogP contribution in [0.3, 0.4) is 0 Å². The number of hydrogen-bond donors (Lipinski definition) is 2. The lowest BCUT2D eigenvalue weighted by molar-refractivity contribution is -0.182. The molecule has 0 aliphatic carbocycles. The lowest BCUT2D eigenvalue weighted by Gasteiger charge is -2.32. The van der Waals surface area contributed by atoms with Gasteiger partial charge in [0.15, 0.2) is 0 Å². The minimum absolute atomic E-state index is 0.0101. The standard InChI is InChI=1S/C28H34N6O5S/c1-28(2,3)34(40(37,38)24-8-5-4-6-9-24)39-25(35)14-18-29-26(36)21-10-12-23(13-11-21)33-19-15-22(20-33)32-27-30-16-7-17-31-27/h4-13,16-17,22H,14-15,18-20H2,1-3H3,(H,29,36)(H,30,31,32)/t22-/m1/s1. The van der Waals surface area contributed by atoms with Crippen LogP contribution >= 0.6 is 0 Å². The van der Waals surface area contributed by atoms with E-state index in [1.165, 1.54) is 12.1 Å². The highest BCUT2D eigenvalue weighted by Gasteiger charge is 2.38. The third-order valence-corrected chi connectivity index (χ3v) is 8.12. The van der Waals surface area contributed by atoms with Crippen LogP contribution in [0.1, 0.15) is 44.0 Å². The third-order valence-electron chi connectivity index (χ3n) is 6.19. The molecule has 0 unspecified atom stereocenters. The Labute approximate surface area is 234 Å². The highest BCUT2D eigenvalue weighted by atomic mass is 32.2. The maximum atomic E-state index is 13.1. The first-order valence-electron chi connectivity index (χ1n) is 13.0. The van der Waals surface area contributed by atoms with Crippen LogP contribution in [-0.4, -0.2) is 65.9 Å². The molecule has 0 saturated carbocycles. The molecule has 2 heterocycles. The minimum Gasteiger partial charge on any atom is -0.369 e. The van der Waals surface area contributed by atoms with Crippen molar-refractivity contribution in [3.8, 4) is 0 Å². The van der Waals surface area contributed by atoms with Crippen molar-refractivity contribution in [2.24, 2.45) is 0 Å². The fourth-order valence-electron chi connectivity index (χ4n) is 4.25. The summed E-state index contributed by atoms with van der Waals surface area (Å²) in [5.41, 5.74) is 0.433. The zero-order valence-corrected chi connectivity index (χ0v) is 23.6. The van der Waals surface area contributed by atoms with E-state index in [1.54, 1.807) is 69.6 Å². The molecule has 1 amide bonds. The van der Waals surface area contributed by atoms with Gasteiger partial charge >= 0.3 is 5.97 Å². The second-order valence-corrected chi connectivity index (χ2v) is 12.1. The number of hydroxylamine groups is 1. The van der Waals surface area contributed by atoms with Gasteiger partial charge in [-0.15, -0.1) is 0 Å². The monoisotopic (exact) mass is 566 g/mol. The summed E-state index contributed by atoms with van der Waals surface area (Å²) in [6.45, 7) is 6.53. The number of carbonyl (C=O) groups is 2. The molecule has 1 aliphatic rings. The molecule has 0 spiro atoms. The zero-order chi connectivity index (χ0) is 28.8. The van der Waals surface area contributed by atoms with Crippen molar-refractivity contribution in [3.63, 3.8) is 0 Å². The predicted octanol–water partition coefficient (Wildman–Crippen LogP) is 3.23. The van der Waals surface area contributed by atoms with E-state index in [2.05, 4.69) is 25.5 Å². The average Bonchev–Trinajstić information content (AvgIpc) is 3.40. The molecule has 212 valence electrons. The molecule has 1 aromatic heterocycles. The average molecular weight is 567 g/mol. The Kier molecular flexibility index (Phi) is 9.00. The highest BCUT2D eigenvalue weighted by Crippen LogP contribution is 2.25. The third kappa shape index (κ3) is 7.33. The topological polar surface area (TPSA) is 134 Å². The van der Waals surface area contributed by atoms with E-state index in [-0.39, 0.29) is 29.8 Å². The molecule has 3 aromatic rings. The van der Waals surface area contributed by atoms with E-state index >= 15 is 0 Å². The number of nitrogens with one attached hydrogen (secondary N) is 2. The maximum Gasteiger partial charge on any atom is 0.328 e. The molecule has 1 atom stereocenters. The van der Waals surface area contributed by atoms with Crippen molar-refractivity contribution in [1.82, 2.24) is 19.8 Å². The van der Waals surface area contributed by atoms with E-state index in [1.807, 2.05) is 12.1 Å². The SMILES string of the molecule is CC(C)(C)N(OC(=O)CCNC(=O)c1ccc(N2CC[C@@H](Nc3ncccn3)C2)cc1)S(=O)(=O)c1ccccc1. The number of aromatic nitrogens is 2. The smallest absolute Gasteiger partial charge is 0.328 e. The van der Waals surface area contributed by atoms with Gasteiger partial charge in [0.25, 0.3) is 15.9 Å². The van der Waals surface area contributed by atoms with Crippen molar-refractivity contribution < 1.29 is 22.8 Å². The van der Waals surface area contributed by atoms with Gasteiger partial charge in [-0.1, -0.05) is 18.2 Å². The van der Waals surface area contributed by atoms with Gasteiger partial charge in [0.2, 0.25) is 5.95 Å². The van der Waals surface area contributed by atoms with Crippen molar-refractivity contribution in [3.05, 3.63) is 78.6 Å². The number of anilines is 2.